The van der Waals surface area contributed by atoms with E-state index in [1.165, 1.54) is 0 Å². The largest absolute Gasteiger partial charge is 6.00 e. The summed E-state index contributed by atoms with van der Waals surface area (Å²) >= 11 is 0. The van der Waals surface area contributed by atoms with Crippen molar-refractivity contribution in [2.24, 2.45) is 0 Å². The zero-order valence-corrected chi connectivity index (χ0v) is 25.7. The fourth-order valence-electron chi connectivity index (χ4n) is 1.22. The summed E-state index contributed by atoms with van der Waals surface area (Å²) in [5.74, 6) is -5.76. The smallest absolute Gasteiger partial charge is 0.550 e. The molecule has 0 amide bonds. The van der Waals surface area contributed by atoms with Crippen LogP contribution in [0.3, 0.4) is 0 Å². The molecule has 0 radical (unpaired) electrons. The summed E-state index contributed by atoms with van der Waals surface area (Å²) in [6.45, 7) is 10.8. The van der Waals surface area contributed by atoms with Crippen LogP contribution in [0.1, 0.15) is 119 Å². The standard InChI is InChI=1S/6C4H8O2.W/c6*1-2-3-4(5)6;/h6*2-3H2,1H3,(H,5,6);/q;;;;;;+6/p-6. The van der Waals surface area contributed by atoms with E-state index in [0.29, 0.717) is 38.5 Å². The van der Waals surface area contributed by atoms with Crippen molar-refractivity contribution < 1.29 is 80.5 Å². The number of hydrogen-bond acceptors (Lipinski definition) is 12. The average molecular weight is 706 g/mol. The number of carbonyl (C=O) groups is 6. The molecule has 37 heavy (non-hydrogen) atoms. The van der Waals surface area contributed by atoms with Gasteiger partial charge in [0.05, 0.1) is 0 Å². The van der Waals surface area contributed by atoms with Gasteiger partial charge in [-0.2, -0.15) is 0 Å². The van der Waals surface area contributed by atoms with Gasteiger partial charge in [-0.1, -0.05) is 80.1 Å². The molecule has 0 spiro atoms. The van der Waals surface area contributed by atoms with E-state index in [0.717, 1.165) is 0 Å². The summed E-state index contributed by atoms with van der Waals surface area (Å²) in [5.41, 5.74) is 0. The summed E-state index contributed by atoms with van der Waals surface area (Å²) in [6.07, 6.45) is 5.10. The van der Waals surface area contributed by atoms with Gasteiger partial charge < -0.3 is 59.4 Å². The van der Waals surface area contributed by atoms with Gasteiger partial charge >= 0.3 is 21.1 Å². The average Bonchev–Trinajstić information content (AvgIpc) is 2.69. The van der Waals surface area contributed by atoms with Gasteiger partial charge in [-0.25, -0.2) is 0 Å². The van der Waals surface area contributed by atoms with Crippen molar-refractivity contribution in [1.29, 1.82) is 0 Å². The quantitative estimate of drug-likeness (QED) is 0.200. The Hall–Kier alpha value is -2.49. The first-order chi connectivity index (χ1) is 16.6. The third kappa shape index (κ3) is 138. The number of hydrogen-bond donors (Lipinski definition) is 0. The fraction of sp³-hybridized carbons (Fsp3) is 0.750. The molecule has 12 nitrogen and oxygen atoms in total. The summed E-state index contributed by atoms with van der Waals surface area (Å²) in [6, 6.07) is 0. The monoisotopic (exact) mass is 706 g/mol. The maximum absolute atomic E-state index is 9.49. The Morgan fingerprint density at radius 1 is 0.324 bits per heavy atom. The number of carboxylic acid groups (broad SMARTS) is 6. The van der Waals surface area contributed by atoms with Crippen molar-refractivity contribution >= 4 is 35.8 Å². The van der Waals surface area contributed by atoms with Gasteiger partial charge in [0.25, 0.3) is 0 Å². The van der Waals surface area contributed by atoms with Gasteiger partial charge in [0.15, 0.2) is 0 Å². The van der Waals surface area contributed by atoms with Crippen LogP contribution in [-0.4, -0.2) is 35.8 Å². The molecule has 0 atom stereocenters. The molecule has 0 aliphatic heterocycles. The molecule has 0 fully saturated rings. The molecule has 0 saturated heterocycles. The minimum Gasteiger partial charge on any atom is -0.550 e. The fourth-order valence-corrected chi connectivity index (χ4v) is 1.22. The Morgan fingerprint density at radius 2 is 0.405 bits per heavy atom. The van der Waals surface area contributed by atoms with E-state index in [9.17, 15) is 59.4 Å². The molecule has 0 aromatic heterocycles. The van der Waals surface area contributed by atoms with Crippen molar-refractivity contribution in [1.82, 2.24) is 0 Å². The predicted octanol–water partition coefficient (Wildman–Crippen LogP) is -2.78. The van der Waals surface area contributed by atoms with Crippen LogP contribution in [0.5, 0.6) is 0 Å². The van der Waals surface area contributed by atoms with Crippen molar-refractivity contribution in [3.63, 3.8) is 0 Å². The molecule has 0 saturated carbocycles. The second kappa shape index (κ2) is 46.8. The van der Waals surface area contributed by atoms with E-state index in [4.69, 9.17) is 0 Å². The molecule has 0 rings (SSSR count). The first kappa shape index (κ1) is 51.2. The zero-order valence-electron chi connectivity index (χ0n) is 22.8. The van der Waals surface area contributed by atoms with Crippen LogP contribution in [0.4, 0.5) is 0 Å². The van der Waals surface area contributed by atoms with Crippen LogP contribution in [0.25, 0.3) is 0 Å². The molecule has 0 aliphatic rings. The SMILES string of the molecule is CCCC(=O)[O-].CCCC(=O)[O-].CCCC(=O)[O-].CCCC(=O)[O-].CCCC(=O)[O-].CCCC(=O)[O-].[W+6]. The van der Waals surface area contributed by atoms with Crippen molar-refractivity contribution in [2.45, 2.75) is 119 Å². The second-order valence-corrected chi connectivity index (χ2v) is 6.73. The topological polar surface area (TPSA) is 241 Å². The van der Waals surface area contributed by atoms with Crippen LogP contribution in [-0.2, 0) is 49.8 Å². The third-order valence-corrected chi connectivity index (χ3v) is 2.72. The van der Waals surface area contributed by atoms with E-state index in [2.05, 4.69) is 0 Å². The third-order valence-electron chi connectivity index (χ3n) is 2.72. The van der Waals surface area contributed by atoms with Gasteiger partial charge in [0.2, 0.25) is 0 Å². The van der Waals surface area contributed by atoms with Crippen LogP contribution < -0.4 is 30.6 Å². The molecule has 0 aromatic rings. The van der Waals surface area contributed by atoms with Gasteiger partial charge in [-0.05, 0) is 38.5 Å². The molecule has 0 bridgehead atoms. The normalized spacial score (nSPS) is 7.95. The summed E-state index contributed by atoms with van der Waals surface area (Å²) in [4.78, 5) is 56.9. The molecule has 0 aliphatic carbocycles. The van der Waals surface area contributed by atoms with E-state index < -0.39 is 35.8 Å². The molecular formula is C24H42O12W. The minimum atomic E-state index is -0.961. The summed E-state index contributed by atoms with van der Waals surface area (Å²) in [5, 5.41) is 56.9. The molecule has 0 aromatic carbocycles. The van der Waals surface area contributed by atoms with E-state index >= 15 is 0 Å². The van der Waals surface area contributed by atoms with E-state index in [1.807, 2.05) is 0 Å². The number of carbonyl (C=O) groups excluding carboxylic acids is 6. The maximum atomic E-state index is 9.49. The number of aliphatic carboxylic acids is 6. The van der Waals surface area contributed by atoms with Gasteiger partial charge in [-0.3, -0.25) is 0 Å². The van der Waals surface area contributed by atoms with Crippen molar-refractivity contribution in [3.05, 3.63) is 0 Å². The minimum absolute atomic E-state index is 0. The van der Waals surface area contributed by atoms with Gasteiger partial charge in [0, 0.05) is 35.8 Å². The van der Waals surface area contributed by atoms with Crippen LogP contribution in [0.15, 0.2) is 0 Å². The van der Waals surface area contributed by atoms with E-state index in [1.54, 1.807) is 41.5 Å². The first-order valence-corrected chi connectivity index (χ1v) is 11.8. The number of carboxylic acids is 6. The Labute approximate surface area is 234 Å². The molecule has 13 heteroatoms. The Balaban J connectivity index is -0.0000000581. The second-order valence-electron chi connectivity index (χ2n) is 6.73. The summed E-state index contributed by atoms with van der Waals surface area (Å²) < 4.78 is 0. The van der Waals surface area contributed by atoms with Gasteiger partial charge in [-0.15, -0.1) is 0 Å². The molecular weight excluding hydrogens is 664 g/mol. The summed E-state index contributed by atoms with van der Waals surface area (Å²) in [7, 11) is 0. The van der Waals surface area contributed by atoms with Crippen molar-refractivity contribution in [3.8, 4) is 0 Å². The van der Waals surface area contributed by atoms with Gasteiger partial charge in [0.1, 0.15) is 0 Å². The zero-order chi connectivity index (χ0) is 29.9. The first-order valence-electron chi connectivity index (χ1n) is 11.8. The molecule has 216 valence electrons. The Bertz CT molecular complexity index is 428. The Morgan fingerprint density at radius 3 is 0.405 bits per heavy atom. The molecule has 0 unspecified atom stereocenters. The van der Waals surface area contributed by atoms with Crippen LogP contribution >= 0.6 is 0 Å². The maximum Gasteiger partial charge on any atom is 6.00 e. The molecule has 0 N–H and O–H groups in total. The number of rotatable bonds is 12. The van der Waals surface area contributed by atoms with Crippen LogP contribution in [0, 0.1) is 0 Å². The van der Waals surface area contributed by atoms with Crippen LogP contribution in [0.2, 0.25) is 0 Å². The van der Waals surface area contributed by atoms with E-state index in [-0.39, 0.29) is 59.6 Å². The Kier molecular flexibility index (Phi) is 64.8. The predicted molar refractivity (Wildman–Crippen MR) is 119 cm³/mol. The molecule has 0 heterocycles. The van der Waals surface area contributed by atoms with Crippen molar-refractivity contribution in [2.75, 3.05) is 0 Å².